The van der Waals surface area contributed by atoms with E-state index in [4.69, 9.17) is 4.42 Å². The molecule has 5 nitrogen and oxygen atoms in total. The maximum atomic E-state index is 12.0. The number of aryl methyl sites for hydroxylation is 2. The molecule has 1 aliphatic rings. The molecular weight excluding hydrogens is 328 g/mol. The molecular formula is C21H26N2O3. The summed E-state index contributed by atoms with van der Waals surface area (Å²) in [4.78, 5) is 24.0. The molecule has 3 rings (SSSR count). The van der Waals surface area contributed by atoms with Crippen LogP contribution >= 0.6 is 0 Å². The monoisotopic (exact) mass is 354 g/mol. The average Bonchev–Trinajstić information content (AvgIpc) is 3.16. The van der Waals surface area contributed by atoms with Crippen molar-refractivity contribution in [1.29, 1.82) is 0 Å². The molecule has 2 N–H and O–H groups in total. The van der Waals surface area contributed by atoms with Crippen LogP contribution in [0.4, 0.5) is 5.69 Å². The van der Waals surface area contributed by atoms with Gasteiger partial charge < -0.3 is 15.1 Å². The smallest absolute Gasteiger partial charge is 0.243 e. The van der Waals surface area contributed by atoms with Gasteiger partial charge in [0.2, 0.25) is 11.8 Å². The fourth-order valence-electron chi connectivity index (χ4n) is 3.03. The zero-order chi connectivity index (χ0) is 18.7. The van der Waals surface area contributed by atoms with E-state index >= 15 is 0 Å². The Morgan fingerprint density at radius 1 is 1.15 bits per heavy atom. The highest BCUT2D eigenvalue weighted by Crippen LogP contribution is 2.47. The van der Waals surface area contributed by atoms with E-state index in [9.17, 15) is 9.59 Å². The number of anilines is 1. The van der Waals surface area contributed by atoms with Crippen LogP contribution in [0.25, 0.3) is 0 Å². The minimum Gasteiger partial charge on any atom is -0.466 e. The number of rotatable bonds is 7. The van der Waals surface area contributed by atoms with Gasteiger partial charge in [0.1, 0.15) is 11.5 Å². The van der Waals surface area contributed by atoms with Crippen LogP contribution < -0.4 is 10.6 Å². The minimum absolute atomic E-state index is 0.0325. The first kappa shape index (κ1) is 18.2. The fourth-order valence-corrected chi connectivity index (χ4v) is 3.03. The summed E-state index contributed by atoms with van der Waals surface area (Å²) >= 11 is 0. The average molecular weight is 354 g/mol. The fraction of sp³-hybridized carbons (Fsp3) is 0.429. The molecule has 0 unspecified atom stereocenters. The molecule has 1 aromatic carbocycles. The van der Waals surface area contributed by atoms with Crippen molar-refractivity contribution in [2.24, 2.45) is 5.92 Å². The van der Waals surface area contributed by atoms with Crippen molar-refractivity contribution in [3.8, 4) is 0 Å². The zero-order valence-electron chi connectivity index (χ0n) is 15.6. The lowest BCUT2D eigenvalue weighted by Gasteiger charge is -2.10. The van der Waals surface area contributed by atoms with Gasteiger partial charge in [0.25, 0.3) is 0 Å². The van der Waals surface area contributed by atoms with Gasteiger partial charge >= 0.3 is 0 Å². The van der Waals surface area contributed by atoms with E-state index in [2.05, 4.69) is 17.6 Å². The Kier molecular flexibility index (Phi) is 5.45. The Labute approximate surface area is 154 Å². The van der Waals surface area contributed by atoms with E-state index in [1.807, 2.05) is 44.2 Å². The largest absolute Gasteiger partial charge is 0.466 e. The highest BCUT2D eigenvalue weighted by Gasteiger charge is 2.36. The standard InChI is InChI=1S/C21H26N2O3/c1-13-5-4-6-18(15(13)3)23-21(25)12-22-20(24)10-8-16-7-9-19(26-16)17-11-14(17)2/h4-7,9,14,17H,8,10-12H2,1-3H3,(H,22,24)(H,23,25)/t14-,17+/m0/s1. The molecule has 0 spiro atoms. The van der Waals surface area contributed by atoms with Gasteiger partial charge in [-0.1, -0.05) is 19.1 Å². The van der Waals surface area contributed by atoms with Gasteiger partial charge in [-0.05, 0) is 55.5 Å². The quantitative estimate of drug-likeness (QED) is 0.796. The van der Waals surface area contributed by atoms with Crippen molar-refractivity contribution in [2.75, 3.05) is 11.9 Å². The minimum atomic E-state index is -0.227. The maximum Gasteiger partial charge on any atom is 0.243 e. The number of benzene rings is 1. The lowest BCUT2D eigenvalue weighted by atomic mass is 10.1. The molecule has 1 heterocycles. The maximum absolute atomic E-state index is 12.0. The van der Waals surface area contributed by atoms with E-state index in [1.165, 1.54) is 6.42 Å². The molecule has 0 aliphatic heterocycles. The lowest BCUT2D eigenvalue weighted by molar-refractivity contribution is -0.124. The van der Waals surface area contributed by atoms with Crippen LogP contribution in [0.2, 0.25) is 0 Å². The van der Waals surface area contributed by atoms with Crippen molar-refractivity contribution in [1.82, 2.24) is 5.32 Å². The molecule has 0 saturated heterocycles. The zero-order valence-corrected chi connectivity index (χ0v) is 15.6. The highest BCUT2D eigenvalue weighted by atomic mass is 16.3. The Balaban J connectivity index is 1.40. The van der Waals surface area contributed by atoms with Crippen LogP contribution in [-0.4, -0.2) is 18.4 Å². The molecule has 1 aromatic heterocycles. The molecule has 1 aliphatic carbocycles. The molecule has 1 fully saturated rings. The van der Waals surface area contributed by atoms with Crippen molar-refractivity contribution < 1.29 is 14.0 Å². The van der Waals surface area contributed by atoms with Crippen LogP contribution in [0.5, 0.6) is 0 Å². The number of carbonyl (C=O) groups excluding carboxylic acids is 2. The second kappa shape index (κ2) is 7.77. The first-order valence-electron chi connectivity index (χ1n) is 9.15. The molecule has 0 bridgehead atoms. The summed E-state index contributed by atoms with van der Waals surface area (Å²) in [5.41, 5.74) is 2.93. The van der Waals surface area contributed by atoms with Crippen molar-refractivity contribution >= 4 is 17.5 Å². The Morgan fingerprint density at radius 3 is 2.65 bits per heavy atom. The summed E-state index contributed by atoms with van der Waals surface area (Å²) in [5, 5.41) is 5.50. The third-order valence-electron chi connectivity index (χ3n) is 5.08. The lowest BCUT2D eigenvalue weighted by Crippen LogP contribution is -2.33. The summed E-state index contributed by atoms with van der Waals surface area (Å²) in [7, 11) is 0. The topological polar surface area (TPSA) is 71.3 Å². The number of carbonyl (C=O) groups is 2. The van der Waals surface area contributed by atoms with E-state index in [-0.39, 0.29) is 18.4 Å². The van der Waals surface area contributed by atoms with Gasteiger partial charge in [-0.2, -0.15) is 0 Å². The van der Waals surface area contributed by atoms with Gasteiger partial charge in [0.15, 0.2) is 0 Å². The number of hydrogen-bond donors (Lipinski definition) is 2. The van der Waals surface area contributed by atoms with Crippen LogP contribution in [0.1, 0.15) is 48.3 Å². The van der Waals surface area contributed by atoms with Crippen LogP contribution in [0, 0.1) is 19.8 Å². The SMILES string of the molecule is Cc1cccc(NC(=O)CNC(=O)CCc2ccc([C@@H]3C[C@@H]3C)o2)c1C. The molecule has 0 radical (unpaired) electrons. The van der Waals surface area contributed by atoms with E-state index in [0.717, 1.165) is 28.3 Å². The van der Waals surface area contributed by atoms with Crippen LogP contribution in [0.15, 0.2) is 34.7 Å². The summed E-state index contributed by atoms with van der Waals surface area (Å²) in [6.07, 6.45) is 2.04. The number of nitrogens with one attached hydrogen (secondary N) is 2. The molecule has 2 amide bonds. The van der Waals surface area contributed by atoms with Crippen molar-refractivity contribution in [2.45, 2.75) is 46.0 Å². The normalized spacial score (nSPS) is 18.4. The van der Waals surface area contributed by atoms with Gasteiger partial charge in [0, 0.05) is 24.4 Å². The number of furan rings is 1. The predicted molar refractivity (Wildman–Crippen MR) is 101 cm³/mol. The third kappa shape index (κ3) is 4.54. The summed E-state index contributed by atoms with van der Waals surface area (Å²) < 4.78 is 5.80. The van der Waals surface area contributed by atoms with Gasteiger partial charge in [0.05, 0.1) is 6.54 Å². The van der Waals surface area contributed by atoms with E-state index in [0.29, 0.717) is 24.7 Å². The first-order valence-corrected chi connectivity index (χ1v) is 9.15. The van der Waals surface area contributed by atoms with Crippen LogP contribution in [-0.2, 0) is 16.0 Å². The Bertz CT molecular complexity index is 809. The van der Waals surface area contributed by atoms with Gasteiger partial charge in [-0.15, -0.1) is 0 Å². The molecule has 1 saturated carbocycles. The molecule has 2 aromatic rings. The van der Waals surface area contributed by atoms with Crippen LogP contribution in [0.3, 0.4) is 0 Å². The molecule has 26 heavy (non-hydrogen) atoms. The molecule has 5 heteroatoms. The number of amides is 2. The molecule has 2 atom stereocenters. The highest BCUT2D eigenvalue weighted by molar-refractivity contribution is 5.95. The van der Waals surface area contributed by atoms with Crippen molar-refractivity contribution in [3.05, 3.63) is 53.0 Å². The second-order valence-corrected chi connectivity index (χ2v) is 7.20. The van der Waals surface area contributed by atoms with Gasteiger partial charge in [-0.25, -0.2) is 0 Å². The van der Waals surface area contributed by atoms with E-state index < -0.39 is 0 Å². The van der Waals surface area contributed by atoms with E-state index in [1.54, 1.807) is 0 Å². The summed E-state index contributed by atoms with van der Waals surface area (Å²) in [5.74, 6) is 2.73. The first-order chi connectivity index (χ1) is 12.4. The predicted octanol–water partition coefficient (Wildman–Crippen LogP) is 3.71. The summed E-state index contributed by atoms with van der Waals surface area (Å²) in [6.45, 7) is 6.14. The second-order valence-electron chi connectivity index (χ2n) is 7.20. The van der Waals surface area contributed by atoms with Gasteiger partial charge in [-0.3, -0.25) is 9.59 Å². The Hall–Kier alpha value is -2.56. The van der Waals surface area contributed by atoms with Crippen molar-refractivity contribution in [3.63, 3.8) is 0 Å². The third-order valence-corrected chi connectivity index (χ3v) is 5.08. The Morgan fingerprint density at radius 2 is 1.92 bits per heavy atom. The molecule has 138 valence electrons. The summed E-state index contributed by atoms with van der Waals surface area (Å²) in [6, 6.07) is 9.71. The number of hydrogen-bond acceptors (Lipinski definition) is 3.